The Morgan fingerprint density at radius 2 is 2.00 bits per heavy atom. The fourth-order valence-electron chi connectivity index (χ4n) is 0.998. The van der Waals surface area contributed by atoms with Crippen molar-refractivity contribution in [3.8, 4) is 0 Å². The smallest absolute Gasteiger partial charge is 0.358 e. The monoisotopic (exact) mass is 271 g/mol. The van der Waals surface area contributed by atoms with Crippen molar-refractivity contribution in [1.82, 2.24) is 4.98 Å². The van der Waals surface area contributed by atoms with Crippen molar-refractivity contribution in [2.75, 3.05) is 0 Å². The highest BCUT2D eigenvalue weighted by Crippen LogP contribution is 2.29. The summed E-state index contributed by atoms with van der Waals surface area (Å²) in [6.45, 7) is 0. The number of hydrogen-bond acceptors (Lipinski definition) is 5. The minimum atomic E-state index is -4.79. The van der Waals surface area contributed by atoms with E-state index in [9.17, 15) is 31.7 Å². The van der Waals surface area contributed by atoms with E-state index in [4.69, 9.17) is 0 Å². The van der Waals surface area contributed by atoms with Gasteiger partial charge in [-0.2, -0.15) is 0 Å². The molecule has 0 bridgehead atoms. The van der Waals surface area contributed by atoms with E-state index in [0.29, 0.717) is 0 Å². The molecule has 0 unspecified atom stereocenters. The molecule has 1 heterocycles. The van der Waals surface area contributed by atoms with Crippen LogP contribution in [0, 0.1) is 15.9 Å². The van der Waals surface area contributed by atoms with Gasteiger partial charge in [0.25, 0.3) is 21.5 Å². The number of nitrogens with zero attached hydrogens (tertiary/aromatic N) is 2. The Hall–Kier alpha value is -1.75. The van der Waals surface area contributed by atoms with E-state index in [1.54, 1.807) is 0 Å². The zero-order chi connectivity index (χ0) is 13.4. The van der Waals surface area contributed by atoms with E-state index in [1.807, 2.05) is 0 Å². The average Bonchev–Trinajstić information content (AvgIpc) is 2.14. The van der Waals surface area contributed by atoms with Crippen LogP contribution in [0.5, 0.6) is 0 Å². The summed E-state index contributed by atoms with van der Waals surface area (Å²) in [4.78, 5) is 11.8. The van der Waals surface area contributed by atoms with Crippen molar-refractivity contribution in [2.45, 2.75) is 11.5 Å². The van der Waals surface area contributed by atoms with Crippen LogP contribution in [0.3, 0.4) is 0 Å². The first-order valence-electron chi connectivity index (χ1n) is 3.80. The second-order valence-corrected chi connectivity index (χ2v) is 4.26. The number of aromatic nitrogens is 1. The van der Waals surface area contributed by atoms with Gasteiger partial charge in [0.15, 0.2) is 0 Å². The van der Waals surface area contributed by atoms with Crippen molar-refractivity contribution >= 4 is 15.8 Å². The zero-order valence-electron chi connectivity index (χ0n) is 7.80. The first-order chi connectivity index (χ1) is 7.64. The maximum Gasteiger partial charge on any atom is 0.367 e. The van der Waals surface area contributed by atoms with Gasteiger partial charge in [-0.05, 0) is 9.91 Å². The molecule has 0 aliphatic heterocycles. The van der Waals surface area contributed by atoms with Gasteiger partial charge < -0.3 is 10.1 Å². The van der Waals surface area contributed by atoms with Crippen LogP contribution in [0.1, 0.15) is 12.0 Å². The normalized spacial score (nSPS) is 11.8. The minimum Gasteiger partial charge on any atom is -0.358 e. The first-order valence-corrected chi connectivity index (χ1v) is 5.35. The van der Waals surface area contributed by atoms with E-state index in [-0.39, 0.29) is 6.07 Å². The van der Waals surface area contributed by atoms with Crippen molar-refractivity contribution in [2.24, 2.45) is 5.14 Å². The molecule has 0 spiro atoms. The van der Waals surface area contributed by atoms with Crippen LogP contribution in [-0.4, -0.2) is 18.3 Å². The third-order valence-corrected chi connectivity index (χ3v) is 2.48. The number of pyridine rings is 1. The molecule has 1 aromatic heterocycles. The Balaban J connectivity index is 3.69. The van der Waals surface area contributed by atoms with Gasteiger partial charge in [0.05, 0.1) is 6.07 Å². The Bertz CT molecular complexity index is 574. The van der Waals surface area contributed by atoms with E-state index in [2.05, 4.69) is 10.1 Å². The molecule has 0 aliphatic carbocycles. The van der Waals surface area contributed by atoms with Crippen molar-refractivity contribution in [1.29, 1.82) is 0 Å². The summed E-state index contributed by atoms with van der Waals surface area (Å²) < 4.78 is 59.6. The minimum absolute atomic E-state index is 0.0934. The Labute approximate surface area is 92.3 Å². The van der Waals surface area contributed by atoms with Crippen LogP contribution in [-0.2, 0) is 10.0 Å². The highest BCUT2D eigenvalue weighted by molar-refractivity contribution is 7.89. The lowest BCUT2D eigenvalue weighted by atomic mass is 10.3. The lowest BCUT2D eigenvalue weighted by molar-refractivity contribution is -0.390. The van der Waals surface area contributed by atoms with E-state index in [0.717, 1.165) is 0 Å². The van der Waals surface area contributed by atoms with Crippen LogP contribution in [0.25, 0.3) is 0 Å². The van der Waals surface area contributed by atoms with Crippen molar-refractivity contribution in [3.63, 3.8) is 0 Å². The molecule has 7 nitrogen and oxygen atoms in total. The van der Waals surface area contributed by atoms with Gasteiger partial charge in [0, 0.05) is 0 Å². The number of rotatable bonds is 3. The summed E-state index contributed by atoms with van der Waals surface area (Å²) in [5, 5.41) is 13.2. The number of sulfonamides is 1. The van der Waals surface area contributed by atoms with Gasteiger partial charge in [-0.15, -0.1) is 0 Å². The van der Waals surface area contributed by atoms with Gasteiger partial charge in [0.2, 0.25) is 0 Å². The van der Waals surface area contributed by atoms with Crippen LogP contribution in [0.15, 0.2) is 11.1 Å². The molecule has 0 saturated heterocycles. The number of halogens is 3. The van der Waals surface area contributed by atoms with E-state index in [1.165, 1.54) is 0 Å². The maximum absolute atomic E-state index is 13.1. The van der Waals surface area contributed by atoms with Crippen LogP contribution >= 0.6 is 0 Å². The molecule has 1 aromatic rings. The second-order valence-electron chi connectivity index (χ2n) is 2.78. The highest BCUT2D eigenvalue weighted by atomic mass is 32.2. The summed E-state index contributed by atoms with van der Waals surface area (Å²) in [6, 6.07) is 0.0934. The van der Waals surface area contributed by atoms with Crippen molar-refractivity contribution < 1.29 is 26.5 Å². The Morgan fingerprint density at radius 1 is 1.47 bits per heavy atom. The highest BCUT2D eigenvalue weighted by Gasteiger charge is 2.33. The molecule has 2 N–H and O–H groups in total. The van der Waals surface area contributed by atoms with Gasteiger partial charge in [-0.1, -0.05) is 0 Å². The standard InChI is InChI=1S/C6H4F3N3O4S/c7-2-1-3(12(13)14)11-6(17(10,15)16)4(2)5(8)9/h1,5H,(H2,10,15,16). The molecular formula is C6H4F3N3O4S. The van der Waals surface area contributed by atoms with Crippen LogP contribution in [0.4, 0.5) is 19.0 Å². The van der Waals surface area contributed by atoms with Crippen molar-refractivity contribution in [3.05, 3.63) is 27.6 Å². The van der Waals surface area contributed by atoms with Crippen LogP contribution in [0.2, 0.25) is 0 Å². The molecule has 0 radical (unpaired) electrons. The number of hydrogen-bond donors (Lipinski definition) is 1. The first kappa shape index (κ1) is 13.3. The van der Waals surface area contributed by atoms with Gasteiger partial charge in [0.1, 0.15) is 11.4 Å². The largest absolute Gasteiger partial charge is 0.367 e. The topological polar surface area (TPSA) is 116 Å². The third-order valence-electron chi connectivity index (χ3n) is 1.63. The molecule has 0 atom stereocenters. The zero-order valence-corrected chi connectivity index (χ0v) is 8.62. The second kappa shape index (κ2) is 4.25. The van der Waals surface area contributed by atoms with Crippen LogP contribution < -0.4 is 5.14 Å². The van der Waals surface area contributed by atoms with E-state index < -0.39 is 43.6 Å². The Morgan fingerprint density at radius 3 is 2.35 bits per heavy atom. The quantitative estimate of drug-likeness (QED) is 0.642. The lowest BCUT2D eigenvalue weighted by Crippen LogP contribution is -2.18. The molecular weight excluding hydrogens is 267 g/mol. The third kappa shape index (κ3) is 2.68. The maximum atomic E-state index is 13.1. The molecule has 0 saturated carbocycles. The molecule has 11 heteroatoms. The fourth-order valence-corrected chi connectivity index (χ4v) is 1.71. The summed E-state index contributed by atoms with van der Waals surface area (Å²) in [5.41, 5.74) is -1.59. The molecule has 0 aliphatic rings. The Kier molecular flexibility index (Phi) is 3.33. The summed E-state index contributed by atoms with van der Waals surface area (Å²) in [6.07, 6.45) is -3.52. The predicted octanol–water partition coefficient (Wildman–Crippen LogP) is 0.714. The number of nitro groups is 1. The van der Waals surface area contributed by atoms with Gasteiger partial charge in [-0.25, -0.2) is 26.7 Å². The summed E-state index contributed by atoms with van der Waals surface area (Å²) in [7, 11) is -4.79. The fraction of sp³-hybridized carbons (Fsp3) is 0.167. The SMILES string of the molecule is NS(=O)(=O)c1nc([N+](=O)[O-])cc(F)c1C(F)F. The molecule has 1 rings (SSSR count). The lowest BCUT2D eigenvalue weighted by Gasteiger charge is -2.03. The number of primary sulfonamides is 1. The molecule has 94 valence electrons. The number of alkyl halides is 2. The molecule has 0 aromatic carbocycles. The van der Waals surface area contributed by atoms with Gasteiger partial charge >= 0.3 is 5.82 Å². The predicted molar refractivity (Wildman–Crippen MR) is 47.2 cm³/mol. The number of nitrogens with two attached hydrogens (primary N) is 1. The van der Waals surface area contributed by atoms with E-state index >= 15 is 0 Å². The summed E-state index contributed by atoms with van der Waals surface area (Å²) >= 11 is 0. The molecule has 0 amide bonds. The van der Waals surface area contributed by atoms with Gasteiger partial charge in [-0.3, -0.25) is 0 Å². The summed E-state index contributed by atoms with van der Waals surface area (Å²) in [5.74, 6) is -2.98. The average molecular weight is 271 g/mol. The molecule has 0 fully saturated rings. The molecule has 17 heavy (non-hydrogen) atoms.